The Balaban J connectivity index is 0.000000138. The summed E-state index contributed by atoms with van der Waals surface area (Å²) in [5.41, 5.74) is 36.3. The molecule has 0 N–H and O–H groups in total. The monoisotopic (exact) mass is 1670 g/mol. The molecule has 0 unspecified atom stereocenters. The SMILES string of the molecule is CC1(C)c2cc(N(c3ccc(-c4ccc5c6ccccc6n(-c6ccccc6)c5c4)cc3)c3ccc4oc5ccccc5c4c3)ccc2-c2ccc(-n3c4ccccc4c4ccccc43)cc21.c1ccc(-n2c3ccccc3c3ccc(-c4ccc(-c5ccc(N(c6ccc(-n7c8ccccc8c8ccccc87)cc6)c6ccc7oc8ccccc8c7c6)cc5)cc4)cc32)cc1. The first kappa shape index (κ1) is 75.2. The number of hydrogen-bond acceptors (Lipinski definition) is 4. The second-order valence-electron chi connectivity index (χ2n) is 35.1. The molecule has 0 amide bonds. The lowest BCUT2D eigenvalue weighted by Crippen LogP contribution is -2.17. The van der Waals surface area contributed by atoms with Gasteiger partial charge in [0, 0.05) is 127 Å². The van der Waals surface area contributed by atoms with Crippen LogP contribution < -0.4 is 9.80 Å². The van der Waals surface area contributed by atoms with Gasteiger partial charge < -0.3 is 36.9 Å². The van der Waals surface area contributed by atoms with Crippen LogP contribution in [0.2, 0.25) is 0 Å². The fourth-order valence-electron chi connectivity index (χ4n) is 21.2. The van der Waals surface area contributed by atoms with Crippen LogP contribution in [-0.2, 0) is 5.41 Å². The molecule has 0 atom stereocenters. The van der Waals surface area contributed by atoms with E-state index in [-0.39, 0.29) is 5.41 Å². The number of nitrogens with zero attached hydrogens (tertiary/aromatic N) is 6. The Labute approximate surface area is 755 Å². The van der Waals surface area contributed by atoms with Crippen molar-refractivity contribution in [3.8, 4) is 67.3 Å². The number of hydrogen-bond donors (Lipinski definition) is 0. The molecule has 6 aromatic heterocycles. The Morgan fingerprint density at radius 3 is 0.847 bits per heavy atom. The molecule has 1 aliphatic rings. The second kappa shape index (κ2) is 30.0. The van der Waals surface area contributed by atoms with E-state index in [2.05, 4.69) is 485 Å². The molecule has 6 heterocycles. The Hall–Kier alpha value is -17.2. The van der Waals surface area contributed by atoms with Crippen molar-refractivity contribution in [2.24, 2.45) is 0 Å². The first-order valence-corrected chi connectivity index (χ1v) is 45.0. The first-order valence-electron chi connectivity index (χ1n) is 45.0. The van der Waals surface area contributed by atoms with E-state index >= 15 is 0 Å². The van der Waals surface area contributed by atoms with Crippen molar-refractivity contribution in [1.82, 2.24) is 18.3 Å². The van der Waals surface area contributed by atoms with Crippen molar-refractivity contribution in [2.45, 2.75) is 19.3 Å². The van der Waals surface area contributed by atoms with Gasteiger partial charge in [0.05, 0.1) is 44.1 Å². The summed E-state index contributed by atoms with van der Waals surface area (Å²) < 4.78 is 22.2. The van der Waals surface area contributed by atoms with E-state index in [1.54, 1.807) is 0 Å². The fraction of sp³-hybridized carbons (Fsp3) is 0.0244. The fourth-order valence-corrected chi connectivity index (χ4v) is 21.2. The summed E-state index contributed by atoms with van der Waals surface area (Å²) >= 11 is 0. The third-order valence-electron chi connectivity index (χ3n) is 27.4. The van der Waals surface area contributed by atoms with Gasteiger partial charge in [0.25, 0.3) is 0 Å². The van der Waals surface area contributed by atoms with Gasteiger partial charge in [-0.15, -0.1) is 0 Å². The van der Waals surface area contributed by atoms with Gasteiger partial charge in [0.2, 0.25) is 0 Å². The van der Waals surface area contributed by atoms with Crippen molar-refractivity contribution in [3.05, 3.63) is 472 Å². The molecule has 0 spiro atoms. The molecule has 0 saturated carbocycles. The van der Waals surface area contributed by atoms with E-state index < -0.39 is 0 Å². The topological polar surface area (TPSA) is 52.5 Å². The number of anilines is 6. The van der Waals surface area contributed by atoms with Gasteiger partial charge in [-0.2, -0.15) is 0 Å². The highest BCUT2D eigenvalue weighted by Crippen LogP contribution is 2.53. The summed E-state index contributed by atoms with van der Waals surface area (Å²) in [5, 5.41) is 14.5. The molecule has 0 radical (unpaired) electrons. The van der Waals surface area contributed by atoms with E-state index in [0.29, 0.717) is 0 Å². The van der Waals surface area contributed by atoms with Gasteiger partial charge in [-0.25, -0.2) is 0 Å². The summed E-state index contributed by atoms with van der Waals surface area (Å²) in [4.78, 5) is 4.75. The Morgan fingerprint density at radius 2 is 0.435 bits per heavy atom. The van der Waals surface area contributed by atoms with Crippen molar-refractivity contribution in [2.75, 3.05) is 9.80 Å². The minimum Gasteiger partial charge on any atom is -0.456 e. The summed E-state index contributed by atoms with van der Waals surface area (Å²) in [6.45, 7) is 4.77. The average molecular weight is 1680 g/mol. The van der Waals surface area contributed by atoms with E-state index in [0.717, 1.165) is 106 Å². The molecule has 20 aromatic carbocycles. The molecule has 0 saturated heterocycles. The average Bonchev–Trinajstić information content (AvgIpc) is 1.56. The molecule has 0 aliphatic heterocycles. The van der Waals surface area contributed by atoms with Crippen molar-refractivity contribution in [1.29, 1.82) is 0 Å². The van der Waals surface area contributed by atoms with E-state index in [9.17, 15) is 0 Å². The van der Waals surface area contributed by atoms with Crippen LogP contribution in [0.4, 0.5) is 34.1 Å². The Morgan fingerprint density at radius 1 is 0.176 bits per heavy atom. The summed E-state index contributed by atoms with van der Waals surface area (Å²) in [6.07, 6.45) is 0. The molecule has 8 nitrogen and oxygen atoms in total. The highest BCUT2D eigenvalue weighted by Gasteiger charge is 2.37. The maximum Gasteiger partial charge on any atom is 0.135 e. The quantitative estimate of drug-likeness (QED) is 0.115. The molecule has 616 valence electrons. The largest absolute Gasteiger partial charge is 0.456 e. The number of rotatable bonds is 13. The Bertz CT molecular complexity index is 8950. The van der Waals surface area contributed by atoms with Crippen LogP contribution in [0.25, 0.3) is 198 Å². The van der Waals surface area contributed by atoms with Crippen molar-refractivity contribution in [3.63, 3.8) is 0 Å². The molecule has 1 aliphatic carbocycles. The maximum atomic E-state index is 6.33. The maximum absolute atomic E-state index is 6.33. The zero-order valence-electron chi connectivity index (χ0n) is 71.9. The minimum absolute atomic E-state index is 0.253. The molecular formula is C123H82N6O2. The van der Waals surface area contributed by atoms with Crippen LogP contribution in [0, 0.1) is 0 Å². The lowest BCUT2D eigenvalue weighted by atomic mass is 9.82. The number of benzene rings is 20. The standard InChI is InChI=1S/C63H43N3O.C60H39N3O/c1-63(2)55-38-45(29-33-47(55)48-34-30-46(39-56(48)63)66-58-21-11-6-16-49(58)50-17-7-12-22-59(50)66)64(44-31-35-62-54(37-44)53-19-9-13-23-61(53)67-62)43-27-24-40(25-28-43)41-26-32-52-51-18-8-10-20-57(51)65(60(52)36-41)42-14-4-3-5-15-42;1-2-12-44(13-3-1)63-57-20-10-6-16-51(57)52-36-28-43(38-58(52)63)42-24-22-40(23-25-42)41-26-29-45(30-27-41)61(48-35-37-60-54(39-48)53-17-7-11-21-59(53)64-60)46-31-33-47(34-32-46)62-55-18-8-4-14-49(55)50-15-5-9-19-56(50)62/h3-39H,1-2H3;1-39H. The summed E-state index contributed by atoms with van der Waals surface area (Å²) in [7, 11) is 0. The third-order valence-corrected chi connectivity index (χ3v) is 27.4. The van der Waals surface area contributed by atoms with Gasteiger partial charge >= 0.3 is 0 Å². The molecule has 0 fully saturated rings. The van der Waals surface area contributed by atoms with Crippen LogP contribution in [-0.4, -0.2) is 18.3 Å². The van der Waals surface area contributed by atoms with E-state index in [4.69, 9.17) is 8.83 Å². The van der Waals surface area contributed by atoms with Gasteiger partial charge in [0.15, 0.2) is 0 Å². The third kappa shape index (κ3) is 12.2. The summed E-state index contributed by atoms with van der Waals surface area (Å²) in [6, 6.07) is 167. The van der Waals surface area contributed by atoms with Gasteiger partial charge in [-0.1, -0.05) is 281 Å². The van der Waals surface area contributed by atoms with Crippen LogP contribution in [0.5, 0.6) is 0 Å². The molecule has 131 heavy (non-hydrogen) atoms. The normalized spacial score (nSPS) is 12.4. The lowest BCUT2D eigenvalue weighted by molar-refractivity contribution is 0.660. The lowest BCUT2D eigenvalue weighted by Gasteiger charge is -2.28. The van der Waals surface area contributed by atoms with Gasteiger partial charge in [-0.3, -0.25) is 0 Å². The Kier molecular flexibility index (Phi) is 17.2. The molecular weight excluding hydrogens is 1590 g/mol. The van der Waals surface area contributed by atoms with Crippen LogP contribution in [0.3, 0.4) is 0 Å². The smallest absolute Gasteiger partial charge is 0.135 e. The first-order chi connectivity index (χ1) is 64.7. The minimum atomic E-state index is -0.253. The van der Waals surface area contributed by atoms with Crippen molar-refractivity contribution < 1.29 is 8.83 Å². The van der Waals surface area contributed by atoms with Crippen LogP contribution >= 0.6 is 0 Å². The highest BCUT2D eigenvalue weighted by molar-refractivity contribution is 6.15. The molecule has 8 heteroatoms. The predicted octanol–water partition coefficient (Wildman–Crippen LogP) is 33.8. The molecule has 0 bridgehead atoms. The van der Waals surface area contributed by atoms with Crippen LogP contribution in [0.1, 0.15) is 25.0 Å². The van der Waals surface area contributed by atoms with E-state index in [1.807, 2.05) is 18.2 Å². The van der Waals surface area contributed by atoms with Crippen LogP contribution in [0.15, 0.2) is 470 Å². The summed E-state index contributed by atoms with van der Waals surface area (Å²) in [5.74, 6) is 0. The van der Waals surface area contributed by atoms with Gasteiger partial charge in [0.1, 0.15) is 22.3 Å². The van der Waals surface area contributed by atoms with Crippen molar-refractivity contribution >= 4 is 165 Å². The van der Waals surface area contributed by atoms with E-state index in [1.165, 1.54) is 137 Å². The zero-order chi connectivity index (χ0) is 86.5. The highest BCUT2D eigenvalue weighted by atomic mass is 16.3. The number of aromatic nitrogens is 4. The number of fused-ring (bicyclic) bond motifs is 21. The molecule has 26 aromatic rings. The second-order valence-corrected chi connectivity index (χ2v) is 35.1. The van der Waals surface area contributed by atoms with Gasteiger partial charge in [-0.05, 0) is 250 Å². The number of furan rings is 2. The molecule has 27 rings (SSSR count). The zero-order valence-corrected chi connectivity index (χ0v) is 71.9. The number of para-hydroxylation sites is 10. The predicted molar refractivity (Wildman–Crippen MR) is 548 cm³/mol.